The van der Waals surface area contributed by atoms with Gasteiger partial charge in [-0.15, -0.1) is 0 Å². The molecule has 2 rings (SSSR count). The topological polar surface area (TPSA) is 89.3 Å². The Balaban J connectivity index is 2.10. The van der Waals surface area contributed by atoms with Crippen LogP contribution in [-0.2, 0) is 10.0 Å². The molecule has 0 aromatic heterocycles. The largest absolute Gasteiger partial charge is 0.366 e. The fraction of sp³-hybridized carbons (Fsp3) is 0. The number of primary amides is 1. The van der Waals surface area contributed by atoms with Crippen LogP contribution < -0.4 is 10.5 Å². The van der Waals surface area contributed by atoms with E-state index in [1.165, 1.54) is 30.3 Å². The number of carbonyl (C=O) groups is 1. The predicted molar refractivity (Wildman–Crippen MR) is 83.0 cm³/mol. The lowest BCUT2D eigenvalue weighted by Crippen LogP contribution is -2.12. The Morgan fingerprint density at radius 2 is 1.62 bits per heavy atom. The zero-order valence-corrected chi connectivity index (χ0v) is 11.9. The monoisotopic (exact) mass is 302 g/mol. The first-order valence-electron chi connectivity index (χ1n) is 6.12. The van der Waals surface area contributed by atoms with Crippen molar-refractivity contribution in [2.24, 2.45) is 5.73 Å². The Kier molecular flexibility index (Phi) is 4.39. The lowest BCUT2D eigenvalue weighted by atomic mass is 10.2. The van der Waals surface area contributed by atoms with Crippen molar-refractivity contribution in [3.8, 4) is 0 Å². The Hall–Kier alpha value is -2.60. The summed E-state index contributed by atoms with van der Waals surface area (Å²) in [6.45, 7) is 0. The molecular formula is C15H14N2O3S. The van der Waals surface area contributed by atoms with Crippen LogP contribution in [0.5, 0.6) is 0 Å². The fourth-order valence-corrected chi connectivity index (χ4v) is 2.50. The number of sulfonamides is 1. The van der Waals surface area contributed by atoms with Gasteiger partial charge in [0.15, 0.2) is 0 Å². The maximum atomic E-state index is 11.9. The zero-order valence-electron chi connectivity index (χ0n) is 11.1. The van der Waals surface area contributed by atoms with Crippen molar-refractivity contribution in [1.29, 1.82) is 0 Å². The number of hydrogen-bond donors (Lipinski definition) is 2. The molecule has 0 atom stereocenters. The Morgan fingerprint density at radius 3 is 2.19 bits per heavy atom. The summed E-state index contributed by atoms with van der Waals surface area (Å²) in [4.78, 5) is 10.9. The van der Waals surface area contributed by atoms with Gasteiger partial charge in [0.25, 0.3) is 10.0 Å². The minimum absolute atomic E-state index is 0.317. The maximum absolute atomic E-state index is 11.9. The van der Waals surface area contributed by atoms with Gasteiger partial charge in [-0.1, -0.05) is 30.3 Å². The average Bonchev–Trinajstić information content (AvgIpc) is 2.46. The van der Waals surface area contributed by atoms with Gasteiger partial charge in [-0.3, -0.25) is 9.52 Å². The van der Waals surface area contributed by atoms with Gasteiger partial charge in [0.2, 0.25) is 5.91 Å². The Morgan fingerprint density at radius 1 is 1.00 bits per heavy atom. The smallest absolute Gasteiger partial charge is 0.255 e. The molecule has 0 heterocycles. The molecule has 5 nitrogen and oxygen atoms in total. The molecule has 0 unspecified atom stereocenters. The number of carbonyl (C=O) groups excluding carboxylic acids is 1. The van der Waals surface area contributed by atoms with E-state index in [1.807, 2.05) is 18.2 Å². The predicted octanol–water partition coefficient (Wildman–Crippen LogP) is 2.20. The van der Waals surface area contributed by atoms with E-state index in [9.17, 15) is 13.2 Å². The minimum atomic E-state index is -3.61. The van der Waals surface area contributed by atoms with Crippen molar-refractivity contribution in [2.75, 3.05) is 4.72 Å². The molecule has 0 saturated carbocycles. The molecule has 0 bridgehead atoms. The quantitative estimate of drug-likeness (QED) is 0.887. The van der Waals surface area contributed by atoms with Crippen LogP contribution in [0.3, 0.4) is 0 Å². The normalized spacial score (nSPS) is 11.4. The van der Waals surface area contributed by atoms with Crippen LogP contribution >= 0.6 is 0 Å². The van der Waals surface area contributed by atoms with E-state index in [4.69, 9.17) is 5.73 Å². The third kappa shape index (κ3) is 4.47. The van der Waals surface area contributed by atoms with Gasteiger partial charge in [0.05, 0.1) is 5.41 Å². The SMILES string of the molecule is NC(=O)c1ccc(NS(=O)(=O)C=Cc2ccccc2)cc1. The van der Waals surface area contributed by atoms with Crippen molar-refractivity contribution >= 4 is 27.7 Å². The molecule has 2 aromatic rings. The highest BCUT2D eigenvalue weighted by Gasteiger charge is 2.06. The molecule has 6 heteroatoms. The molecule has 1 amide bonds. The first-order chi connectivity index (χ1) is 9.96. The van der Waals surface area contributed by atoms with Crippen molar-refractivity contribution in [3.63, 3.8) is 0 Å². The van der Waals surface area contributed by atoms with Gasteiger partial charge >= 0.3 is 0 Å². The summed E-state index contributed by atoms with van der Waals surface area (Å²) in [5, 5.41) is 1.09. The standard InChI is InChI=1S/C15H14N2O3S/c16-15(18)13-6-8-14(9-7-13)17-21(19,20)11-10-12-4-2-1-3-5-12/h1-11,17H,(H2,16,18). The number of anilines is 1. The molecule has 21 heavy (non-hydrogen) atoms. The second-order valence-corrected chi connectivity index (χ2v) is 5.87. The maximum Gasteiger partial charge on any atom is 0.255 e. The average molecular weight is 302 g/mol. The van der Waals surface area contributed by atoms with E-state index in [0.29, 0.717) is 11.3 Å². The highest BCUT2D eigenvalue weighted by Crippen LogP contribution is 2.12. The van der Waals surface area contributed by atoms with E-state index in [2.05, 4.69) is 4.72 Å². The van der Waals surface area contributed by atoms with E-state index in [-0.39, 0.29) is 0 Å². The van der Waals surface area contributed by atoms with E-state index < -0.39 is 15.9 Å². The molecule has 0 saturated heterocycles. The third-order valence-corrected chi connectivity index (χ3v) is 3.68. The lowest BCUT2D eigenvalue weighted by molar-refractivity contribution is 0.100. The van der Waals surface area contributed by atoms with Gasteiger partial charge < -0.3 is 5.73 Å². The Bertz CT molecular complexity index is 751. The van der Waals surface area contributed by atoms with Crippen LogP contribution in [0.1, 0.15) is 15.9 Å². The first kappa shape index (κ1) is 14.8. The summed E-state index contributed by atoms with van der Waals surface area (Å²) in [5.41, 5.74) is 6.58. The van der Waals surface area contributed by atoms with Gasteiger partial charge in [0, 0.05) is 11.3 Å². The van der Waals surface area contributed by atoms with Crippen molar-refractivity contribution in [2.45, 2.75) is 0 Å². The van der Waals surface area contributed by atoms with Gasteiger partial charge in [-0.05, 0) is 35.9 Å². The number of benzene rings is 2. The lowest BCUT2D eigenvalue weighted by Gasteiger charge is -2.04. The summed E-state index contributed by atoms with van der Waals surface area (Å²) >= 11 is 0. The molecule has 0 aliphatic rings. The van der Waals surface area contributed by atoms with Crippen molar-refractivity contribution in [3.05, 3.63) is 71.1 Å². The van der Waals surface area contributed by atoms with Crippen molar-refractivity contribution in [1.82, 2.24) is 0 Å². The Labute approximate surface area is 123 Å². The summed E-state index contributed by atoms with van der Waals surface area (Å²) in [6, 6.07) is 15.0. The fourth-order valence-electron chi connectivity index (χ4n) is 1.63. The molecule has 0 aliphatic carbocycles. The zero-order chi connectivity index (χ0) is 15.3. The third-order valence-electron chi connectivity index (χ3n) is 2.67. The summed E-state index contributed by atoms with van der Waals surface area (Å²) < 4.78 is 26.2. The second-order valence-electron chi connectivity index (χ2n) is 4.30. The van der Waals surface area contributed by atoms with Crippen LogP contribution in [0.4, 0.5) is 5.69 Å². The molecule has 0 fully saturated rings. The number of rotatable bonds is 5. The van der Waals surface area contributed by atoms with Crippen LogP contribution in [0.2, 0.25) is 0 Å². The minimum Gasteiger partial charge on any atom is -0.366 e. The molecular weight excluding hydrogens is 288 g/mol. The van der Waals surface area contributed by atoms with Crippen molar-refractivity contribution < 1.29 is 13.2 Å². The molecule has 108 valence electrons. The van der Waals surface area contributed by atoms with E-state index in [1.54, 1.807) is 12.1 Å². The van der Waals surface area contributed by atoms with Gasteiger partial charge in [0.1, 0.15) is 0 Å². The number of nitrogens with two attached hydrogens (primary N) is 1. The molecule has 3 N–H and O–H groups in total. The van der Waals surface area contributed by atoms with Crippen LogP contribution in [0.25, 0.3) is 6.08 Å². The molecule has 2 aromatic carbocycles. The molecule has 0 spiro atoms. The number of hydrogen-bond acceptors (Lipinski definition) is 3. The van der Waals surface area contributed by atoms with E-state index >= 15 is 0 Å². The summed E-state index contributed by atoms with van der Waals surface area (Å²) in [6.07, 6.45) is 1.50. The second kappa shape index (κ2) is 6.23. The highest BCUT2D eigenvalue weighted by atomic mass is 32.2. The van der Waals surface area contributed by atoms with Gasteiger partial charge in [-0.25, -0.2) is 8.42 Å². The highest BCUT2D eigenvalue weighted by molar-refractivity contribution is 7.95. The summed E-state index contributed by atoms with van der Waals surface area (Å²) in [7, 11) is -3.61. The van der Waals surface area contributed by atoms with Crippen LogP contribution in [-0.4, -0.2) is 14.3 Å². The first-order valence-corrected chi connectivity index (χ1v) is 7.67. The number of amides is 1. The van der Waals surface area contributed by atoms with Crippen LogP contribution in [0, 0.1) is 0 Å². The van der Waals surface area contributed by atoms with Gasteiger partial charge in [-0.2, -0.15) is 0 Å². The summed E-state index contributed by atoms with van der Waals surface area (Å²) in [5.74, 6) is -0.562. The molecule has 0 aliphatic heterocycles. The van der Waals surface area contributed by atoms with Crippen LogP contribution in [0.15, 0.2) is 60.0 Å². The van der Waals surface area contributed by atoms with E-state index in [0.717, 1.165) is 11.0 Å². The number of nitrogens with one attached hydrogen (secondary N) is 1. The molecule has 0 radical (unpaired) electrons.